The number of aryl methyl sites for hydroxylation is 1. The van der Waals surface area contributed by atoms with Crippen LogP contribution in [0.2, 0.25) is 0 Å². The lowest BCUT2D eigenvalue weighted by atomic mass is 9.70. The predicted octanol–water partition coefficient (Wildman–Crippen LogP) is 4.40. The Balaban J connectivity index is 1.88. The fraction of sp³-hybridized carbons (Fsp3) is 0.667. The first-order valence-corrected chi connectivity index (χ1v) is 7.97. The van der Waals surface area contributed by atoms with Crippen LogP contribution in [0.3, 0.4) is 0 Å². The zero-order chi connectivity index (χ0) is 14.3. The molecule has 3 rings (SSSR count). The van der Waals surface area contributed by atoms with Gasteiger partial charge in [-0.2, -0.15) is 0 Å². The maximum Gasteiger partial charge on any atom is 0.125 e. The molecule has 1 N–H and O–H groups in total. The van der Waals surface area contributed by atoms with Gasteiger partial charge in [0, 0.05) is 12.0 Å². The Kier molecular flexibility index (Phi) is 3.53. The van der Waals surface area contributed by atoms with Gasteiger partial charge >= 0.3 is 0 Å². The van der Waals surface area contributed by atoms with Gasteiger partial charge in [-0.3, -0.25) is 0 Å². The maximum atomic E-state index is 10.5. The fourth-order valence-corrected chi connectivity index (χ4v) is 3.97. The molecule has 0 amide bonds. The van der Waals surface area contributed by atoms with Crippen molar-refractivity contribution in [1.29, 1.82) is 0 Å². The number of aliphatic hydroxyl groups is 1. The minimum absolute atomic E-state index is 0.130. The molecule has 1 heterocycles. The van der Waals surface area contributed by atoms with Gasteiger partial charge in [-0.05, 0) is 56.6 Å². The first-order chi connectivity index (χ1) is 9.49. The van der Waals surface area contributed by atoms with E-state index in [1.807, 2.05) is 6.07 Å². The molecule has 2 nitrogen and oxygen atoms in total. The Morgan fingerprint density at radius 1 is 1.30 bits per heavy atom. The molecular formula is C18H26O2. The number of hydrogen-bond donors (Lipinski definition) is 1. The van der Waals surface area contributed by atoms with Gasteiger partial charge in [0.2, 0.25) is 0 Å². The van der Waals surface area contributed by atoms with E-state index in [0.29, 0.717) is 5.92 Å². The summed E-state index contributed by atoms with van der Waals surface area (Å²) in [5, 5.41) is 10.5. The summed E-state index contributed by atoms with van der Waals surface area (Å²) in [6.45, 7) is 6.67. The van der Waals surface area contributed by atoms with E-state index in [4.69, 9.17) is 4.74 Å². The first kappa shape index (κ1) is 13.9. The predicted molar refractivity (Wildman–Crippen MR) is 80.9 cm³/mol. The normalized spacial score (nSPS) is 33.0. The van der Waals surface area contributed by atoms with Gasteiger partial charge in [-0.15, -0.1) is 0 Å². The average molecular weight is 274 g/mol. The molecule has 2 aliphatic rings. The number of benzene rings is 1. The van der Waals surface area contributed by atoms with Crippen LogP contribution in [-0.4, -0.2) is 10.7 Å². The Morgan fingerprint density at radius 2 is 2.10 bits per heavy atom. The Bertz CT molecular complexity index is 494. The number of hydrogen-bond acceptors (Lipinski definition) is 2. The highest BCUT2D eigenvalue weighted by Gasteiger charge is 2.44. The third-order valence-corrected chi connectivity index (χ3v) is 5.20. The van der Waals surface area contributed by atoms with E-state index >= 15 is 0 Å². The van der Waals surface area contributed by atoms with Crippen molar-refractivity contribution in [2.75, 3.05) is 0 Å². The number of aliphatic hydroxyl groups excluding tert-OH is 1. The minimum atomic E-state index is -0.371. The molecule has 0 aromatic heterocycles. The highest BCUT2D eigenvalue weighted by molar-refractivity contribution is 5.41. The number of fused-ring (bicyclic) bond motifs is 1. The molecule has 1 aromatic rings. The van der Waals surface area contributed by atoms with Crippen LogP contribution < -0.4 is 4.74 Å². The highest BCUT2D eigenvalue weighted by atomic mass is 16.5. The van der Waals surface area contributed by atoms with Crippen molar-refractivity contribution in [3.8, 4) is 5.75 Å². The van der Waals surface area contributed by atoms with Gasteiger partial charge in [-0.1, -0.05) is 25.5 Å². The smallest absolute Gasteiger partial charge is 0.125 e. The van der Waals surface area contributed by atoms with E-state index < -0.39 is 0 Å². The van der Waals surface area contributed by atoms with Gasteiger partial charge in [0.1, 0.15) is 11.4 Å². The van der Waals surface area contributed by atoms with Crippen molar-refractivity contribution < 1.29 is 9.84 Å². The molecule has 1 aromatic carbocycles. The van der Waals surface area contributed by atoms with Crippen LogP contribution in [0.5, 0.6) is 5.75 Å². The summed E-state index contributed by atoms with van der Waals surface area (Å²) in [5.41, 5.74) is 2.03. The van der Waals surface area contributed by atoms with E-state index in [1.165, 1.54) is 18.4 Å². The third kappa shape index (κ3) is 2.46. The van der Waals surface area contributed by atoms with Crippen LogP contribution in [-0.2, 0) is 0 Å². The molecule has 0 saturated heterocycles. The maximum absolute atomic E-state index is 10.5. The van der Waals surface area contributed by atoms with Crippen molar-refractivity contribution in [2.24, 2.45) is 11.8 Å². The summed E-state index contributed by atoms with van der Waals surface area (Å²) in [6.07, 6.45) is 5.09. The lowest BCUT2D eigenvalue weighted by Gasteiger charge is -2.46. The van der Waals surface area contributed by atoms with E-state index in [-0.39, 0.29) is 11.7 Å². The average Bonchev–Trinajstić information content (AvgIpc) is 2.40. The summed E-state index contributed by atoms with van der Waals surface area (Å²) in [6, 6.07) is 6.18. The van der Waals surface area contributed by atoms with Crippen molar-refractivity contribution in [3.05, 3.63) is 29.3 Å². The zero-order valence-corrected chi connectivity index (χ0v) is 12.9. The van der Waals surface area contributed by atoms with Gasteiger partial charge in [-0.25, -0.2) is 0 Å². The van der Waals surface area contributed by atoms with Crippen molar-refractivity contribution in [1.82, 2.24) is 0 Å². The van der Waals surface area contributed by atoms with Crippen molar-refractivity contribution in [3.63, 3.8) is 0 Å². The quantitative estimate of drug-likeness (QED) is 0.822. The van der Waals surface area contributed by atoms with Gasteiger partial charge in [0.15, 0.2) is 0 Å². The zero-order valence-electron chi connectivity index (χ0n) is 12.9. The largest absolute Gasteiger partial charge is 0.487 e. The van der Waals surface area contributed by atoms with Gasteiger partial charge in [0.25, 0.3) is 0 Å². The molecule has 0 bridgehead atoms. The Hall–Kier alpha value is -1.02. The summed E-state index contributed by atoms with van der Waals surface area (Å²) in [5.74, 6) is 2.33. The van der Waals surface area contributed by atoms with E-state index in [0.717, 1.165) is 36.5 Å². The van der Waals surface area contributed by atoms with Crippen LogP contribution in [0.4, 0.5) is 0 Å². The molecule has 1 aliphatic carbocycles. The summed E-state index contributed by atoms with van der Waals surface area (Å²) in [7, 11) is 0. The molecule has 2 heteroatoms. The number of ether oxygens (including phenoxy) is 1. The Labute approximate surface area is 122 Å². The standard InChI is InChI=1S/C18H26O2/c1-12(2)14-5-4-8-18(10-14)11-16(19)15-9-13(3)6-7-17(15)20-18/h6-7,9,12,14,16,19H,4-5,8,10-11H2,1-3H3/t14?,16-,18?/m0/s1. The molecule has 1 fully saturated rings. The van der Waals surface area contributed by atoms with Crippen LogP contribution in [0.25, 0.3) is 0 Å². The lowest BCUT2D eigenvalue weighted by molar-refractivity contribution is -0.0573. The first-order valence-electron chi connectivity index (χ1n) is 7.97. The fourth-order valence-electron chi connectivity index (χ4n) is 3.97. The topological polar surface area (TPSA) is 29.5 Å². The summed E-state index contributed by atoms with van der Waals surface area (Å²) >= 11 is 0. The SMILES string of the molecule is Cc1ccc2c(c1)[C@@H](O)CC1(CCCC(C(C)C)C1)O2. The molecule has 1 saturated carbocycles. The van der Waals surface area contributed by atoms with Crippen LogP contribution in [0.15, 0.2) is 18.2 Å². The van der Waals surface area contributed by atoms with E-state index in [1.54, 1.807) is 0 Å². The highest BCUT2D eigenvalue weighted by Crippen LogP contribution is 2.48. The molecule has 3 atom stereocenters. The van der Waals surface area contributed by atoms with Crippen LogP contribution >= 0.6 is 0 Å². The van der Waals surface area contributed by atoms with Crippen LogP contribution in [0.1, 0.15) is 63.2 Å². The number of rotatable bonds is 1. The van der Waals surface area contributed by atoms with Crippen LogP contribution in [0, 0.1) is 18.8 Å². The lowest BCUT2D eigenvalue weighted by Crippen LogP contribution is -2.45. The van der Waals surface area contributed by atoms with Crippen molar-refractivity contribution >= 4 is 0 Å². The second-order valence-electron chi connectivity index (χ2n) is 7.15. The van der Waals surface area contributed by atoms with Gasteiger partial charge in [0.05, 0.1) is 6.10 Å². The molecular weight excluding hydrogens is 248 g/mol. The monoisotopic (exact) mass is 274 g/mol. The van der Waals surface area contributed by atoms with Crippen molar-refractivity contribution in [2.45, 2.75) is 64.6 Å². The third-order valence-electron chi connectivity index (χ3n) is 5.20. The molecule has 1 aliphatic heterocycles. The Morgan fingerprint density at radius 3 is 2.85 bits per heavy atom. The summed E-state index contributed by atoms with van der Waals surface area (Å²) in [4.78, 5) is 0. The molecule has 2 unspecified atom stereocenters. The van der Waals surface area contributed by atoms with E-state index in [9.17, 15) is 5.11 Å². The second-order valence-corrected chi connectivity index (χ2v) is 7.15. The minimum Gasteiger partial charge on any atom is -0.487 e. The molecule has 20 heavy (non-hydrogen) atoms. The molecule has 110 valence electrons. The second kappa shape index (κ2) is 5.07. The summed E-state index contributed by atoms with van der Waals surface area (Å²) < 4.78 is 6.41. The molecule has 1 spiro atoms. The van der Waals surface area contributed by atoms with Gasteiger partial charge < -0.3 is 9.84 Å². The molecule has 0 radical (unpaired) electrons. The van der Waals surface area contributed by atoms with E-state index in [2.05, 4.69) is 32.9 Å².